The van der Waals surface area contributed by atoms with Crippen molar-refractivity contribution in [1.29, 1.82) is 0 Å². The first-order valence-electron chi connectivity index (χ1n) is 8.38. The topological polar surface area (TPSA) is 47.2 Å². The molecule has 4 aromatic rings. The average Bonchev–Trinajstić information content (AvgIpc) is 2.68. The van der Waals surface area contributed by atoms with Crippen molar-refractivity contribution in [2.45, 2.75) is 0 Å². The molecule has 0 amide bonds. The van der Waals surface area contributed by atoms with E-state index in [0.29, 0.717) is 22.3 Å². The molecule has 0 aliphatic carbocycles. The largest absolute Gasteiger partial charge is 0.423 e. The number of aromatic nitrogens is 1. The highest BCUT2D eigenvalue weighted by molar-refractivity contribution is 6.67. The second kappa shape index (κ2) is 6.82. The molecule has 27 heavy (non-hydrogen) atoms. The van der Waals surface area contributed by atoms with Gasteiger partial charge in [0.1, 0.15) is 12.8 Å². The fraction of sp³-hybridized carbons (Fsp3) is 0.0455. The summed E-state index contributed by atoms with van der Waals surface area (Å²) in [6.07, 6.45) is 0. The van der Waals surface area contributed by atoms with Crippen LogP contribution in [0.15, 0.2) is 72.8 Å². The molecule has 0 aliphatic rings. The predicted octanol–water partition coefficient (Wildman–Crippen LogP) is 4.42. The third-order valence-electron chi connectivity index (χ3n) is 4.55. The number of esters is 1. The van der Waals surface area contributed by atoms with E-state index in [-0.39, 0.29) is 0 Å². The standard InChI is InChI=1S/C22H15ClNO3/c1-24-18-10-6-5-9-16(18)20(22(26)27-15-7-3-2-4-8-15)17-12-11-14(21(23)25)13-19(17)24/h2-13H,1H3/q+1. The van der Waals surface area contributed by atoms with Crippen molar-refractivity contribution in [3.05, 3.63) is 83.9 Å². The minimum absolute atomic E-state index is 0.373. The summed E-state index contributed by atoms with van der Waals surface area (Å²) in [5.74, 6) is 0.0217. The molecule has 0 spiro atoms. The van der Waals surface area contributed by atoms with Crippen LogP contribution in [-0.2, 0) is 7.05 Å². The van der Waals surface area contributed by atoms with Gasteiger partial charge in [0, 0.05) is 17.7 Å². The van der Waals surface area contributed by atoms with Gasteiger partial charge in [-0.15, -0.1) is 0 Å². The van der Waals surface area contributed by atoms with Gasteiger partial charge in [-0.3, -0.25) is 4.79 Å². The molecule has 0 unspecified atom stereocenters. The molecule has 4 nitrogen and oxygen atoms in total. The first-order valence-corrected chi connectivity index (χ1v) is 8.75. The van der Waals surface area contributed by atoms with Crippen molar-refractivity contribution in [3.8, 4) is 5.75 Å². The van der Waals surface area contributed by atoms with E-state index in [1.165, 1.54) is 0 Å². The Morgan fingerprint density at radius 3 is 2.26 bits per heavy atom. The fourth-order valence-electron chi connectivity index (χ4n) is 3.26. The van der Waals surface area contributed by atoms with E-state index in [0.717, 1.165) is 16.4 Å². The first kappa shape index (κ1) is 17.2. The summed E-state index contributed by atoms with van der Waals surface area (Å²) in [6, 6.07) is 21.6. The summed E-state index contributed by atoms with van der Waals surface area (Å²) in [7, 11) is 1.89. The van der Waals surface area contributed by atoms with Gasteiger partial charge in [0.15, 0.2) is 0 Å². The fourth-order valence-corrected chi connectivity index (χ4v) is 3.38. The van der Waals surface area contributed by atoms with E-state index in [4.69, 9.17) is 16.3 Å². The van der Waals surface area contributed by atoms with Crippen molar-refractivity contribution in [2.75, 3.05) is 0 Å². The summed E-state index contributed by atoms with van der Waals surface area (Å²) in [5, 5.41) is 0.927. The molecule has 0 N–H and O–H groups in total. The van der Waals surface area contributed by atoms with Crippen LogP contribution in [0.2, 0.25) is 0 Å². The third-order valence-corrected chi connectivity index (χ3v) is 4.77. The molecule has 0 fully saturated rings. The van der Waals surface area contributed by atoms with Gasteiger partial charge in [-0.2, -0.15) is 4.57 Å². The lowest BCUT2D eigenvalue weighted by Gasteiger charge is -2.10. The Morgan fingerprint density at radius 2 is 1.52 bits per heavy atom. The molecule has 1 heterocycles. The number of benzene rings is 3. The van der Waals surface area contributed by atoms with E-state index in [9.17, 15) is 9.59 Å². The molecule has 132 valence electrons. The highest BCUT2D eigenvalue weighted by Crippen LogP contribution is 2.27. The van der Waals surface area contributed by atoms with E-state index >= 15 is 0 Å². The van der Waals surface area contributed by atoms with Crippen molar-refractivity contribution in [1.82, 2.24) is 0 Å². The Kier molecular flexibility index (Phi) is 4.34. The lowest BCUT2D eigenvalue weighted by molar-refractivity contribution is -0.617. The van der Waals surface area contributed by atoms with Crippen molar-refractivity contribution in [3.63, 3.8) is 0 Å². The van der Waals surface area contributed by atoms with E-state index in [1.54, 1.807) is 30.3 Å². The van der Waals surface area contributed by atoms with Crippen LogP contribution in [-0.4, -0.2) is 11.2 Å². The van der Waals surface area contributed by atoms with Crippen LogP contribution in [0.5, 0.6) is 5.75 Å². The summed E-state index contributed by atoms with van der Waals surface area (Å²) >= 11 is 5.64. The quantitative estimate of drug-likeness (QED) is 0.175. The van der Waals surface area contributed by atoms with Crippen LogP contribution < -0.4 is 9.30 Å². The van der Waals surface area contributed by atoms with Crippen LogP contribution >= 0.6 is 11.6 Å². The molecule has 0 bridgehead atoms. The first-order chi connectivity index (χ1) is 13.1. The minimum atomic E-state index is -0.543. The third kappa shape index (κ3) is 3.04. The van der Waals surface area contributed by atoms with Crippen LogP contribution in [0.4, 0.5) is 0 Å². The molecule has 0 saturated heterocycles. The number of hydrogen-bond donors (Lipinski definition) is 0. The summed E-state index contributed by atoms with van der Waals surface area (Å²) < 4.78 is 7.53. The van der Waals surface area contributed by atoms with Gasteiger partial charge >= 0.3 is 5.97 Å². The number of para-hydroxylation sites is 2. The molecule has 0 aliphatic heterocycles. The lowest BCUT2D eigenvalue weighted by Crippen LogP contribution is -2.31. The minimum Gasteiger partial charge on any atom is -0.423 e. The van der Waals surface area contributed by atoms with Gasteiger partial charge < -0.3 is 4.74 Å². The van der Waals surface area contributed by atoms with Crippen LogP contribution in [0.25, 0.3) is 21.8 Å². The number of nitrogens with zero attached hydrogens (tertiary/aromatic N) is 1. The maximum absolute atomic E-state index is 13.0. The maximum Gasteiger partial charge on any atom is 0.345 e. The van der Waals surface area contributed by atoms with Crippen molar-refractivity contribution in [2.24, 2.45) is 7.05 Å². The normalized spacial score (nSPS) is 10.9. The number of halogens is 1. The molecule has 4 rings (SSSR count). The monoisotopic (exact) mass is 376 g/mol. The Labute approximate surface area is 160 Å². The van der Waals surface area contributed by atoms with Crippen LogP contribution in [0, 0.1) is 0 Å². The zero-order chi connectivity index (χ0) is 19.0. The molecule has 5 heteroatoms. The Balaban J connectivity index is 2.00. The van der Waals surface area contributed by atoms with Gasteiger partial charge in [-0.05, 0) is 41.9 Å². The second-order valence-electron chi connectivity index (χ2n) is 6.16. The smallest absolute Gasteiger partial charge is 0.345 e. The number of pyridine rings is 1. The number of carbonyl (C=O) groups excluding carboxylic acids is 2. The number of rotatable bonds is 3. The summed E-state index contributed by atoms with van der Waals surface area (Å²) in [4.78, 5) is 24.6. The SMILES string of the molecule is C[n+]1c2ccccc2c(C(=O)Oc2ccccc2)c2ccc(C(=O)Cl)cc21. The molecular weight excluding hydrogens is 362 g/mol. The second-order valence-corrected chi connectivity index (χ2v) is 6.50. The average molecular weight is 377 g/mol. The number of carbonyl (C=O) groups is 2. The van der Waals surface area contributed by atoms with Gasteiger partial charge in [0.05, 0.1) is 16.3 Å². The van der Waals surface area contributed by atoms with Crippen molar-refractivity contribution < 1.29 is 18.9 Å². The highest BCUT2D eigenvalue weighted by atomic mass is 35.5. The summed E-state index contributed by atoms with van der Waals surface area (Å²) in [5.41, 5.74) is 2.40. The summed E-state index contributed by atoms with van der Waals surface area (Å²) in [6.45, 7) is 0. The number of hydrogen-bond acceptors (Lipinski definition) is 3. The molecule has 0 atom stereocenters. The van der Waals surface area contributed by atoms with Crippen LogP contribution in [0.3, 0.4) is 0 Å². The molecule has 0 saturated carbocycles. The van der Waals surface area contributed by atoms with E-state index < -0.39 is 11.2 Å². The van der Waals surface area contributed by atoms with Gasteiger partial charge in [0.2, 0.25) is 11.0 Å². The molecular formula is C22H15ClNO3+. The highest BCUT2D eigenvalue weighted by Gasteiger charge is 2.24. The van der Waals surface area contributed by atoms with Crippen molar-refractivity contribution >= 4 is 44.6 Å². The molecule has 0 radical (unpaired) electrons. The lowest BCUT2D eigenvalue weighted by atomic mass is 10.0. The van der Waals surface area contributed by atoms with E-state index in [1.807, 2.05) is 54.1 Å². The molecule has 1 aromatic heterocycles. The number of aryl methyl sites for hydroxylation is 1. The Hall–Kier alpha value is -3.24. The Bertz CT molecular complexity index is 1200. The van der Waals surface area contributed by atoms with Gasteiger partial charge in [-0.25, -0.2) is 4.79 Å². The van der Waals surface area contributed by atoms with Gasteiger partial charge in [0.25, 0.3) is 5.24 Å². The number of fused-ring (bicyclic) bond motifs is 2. The zero-order valence-electron chi connectivity index (χ0n) is 14.5. The number of ether oxygens (including phenoxy) is 1. The van der Waals surface area contributed by atoms with Gasteiger partial charge in [-0.1, -0.05) is 30.3 Å². The predicted molar refractivity (Wildman–Crippen MR) is 104 cm³/mol. The Morgan fingerprint density at radius 1 is 0.852 bits per heavy atom. The maximum atomic E-state index is 13.0. The van der Waals surface area contributed by atoms with Crippen LogP contribution in [0.1, 0.15) is 20.7 Å². The van der Waals surface area contributed by atoms with E-state index in [2.05, 4.69) is 0 Å². The zero-order valence-corrected chi connectivity index (χ0v) is 15.2. The molecule has 3 aromatic carbocycles.